The predicted octanol–water partition coefficient (Wildman–Crippen LogP) is 3.79. The Morgan fingerprint density at radius 1 is 1.17 bits per heavy atom. The molecule has 0 bridgehead atoms. The third-order valence-electron chi connectivity index (χ3n) is 2.90. The van der Waals surface area contributed by atoms with Crippen molar-refractivity contribution in [2.75, 3.05) is 11.9 Å². The second-order valence-electron chi connectivity index (χ2n) is 4.25. The highest BCUT2D eigenvalue weighted by atomic mass is 35.5. The van der Waals surface area contributed by atoms with E-state index in [-0.39, 0.29) is 12.6 Å². The molecule has 0 aliphatic rings. The molecular formula is C15H16ClNO. The number of hydrogen-bond acceptors (Lipinski definition) is 2. The SMILES string of the molecule is Cc1ccc(C(CO)Nc2ccccc2)cc1Cl. The molecule has 0 saturated carbocycles. The minimum Gasteiger partial charge on any atom is -0.394 e. The van der Waals surface area contributed by atoms with Gasteiger partial charge in [-0.1, -0.05) is 41.9 Å². The summed E-state index contributed by atoms with van der Waals surface area (Å²) in [6.07, 6.45) is 0. The number of rotatable bonds is 4. The Kier molecular flexibility index (Phi) is 4.24. The zero-order chi connectivity index (χ0) is 13.0. The minimum absolute atomic E-state index is 0.0221. The van der Waals surface area contributed by atoms with Gasteiger partial charge in [-0.2, -0.15) is 0 Å². The van der Waals surface area contributed by atoms with E-state index < -0.39 is 0 Å². The van der Waals surface area contributed by atoms with Crippen LogP contribution in [0.25, 0.3) is 0 Å². The maximum Gasteiger partial charge on any atom is 0.0745 e. The van der Waals surface area contributed by atoms with E-state index in [0.717, 1.165) is 21.8 Å². The van der Waals surface area contributed by atoms with Crippen LogP contribution in [-0.2, 0) is 0 Å². The molecule has 18 heavy (non-hydrogen) atoms. The predicted molar refractivity (Wildman–Crippen MR) is 76.1 cm³/mol. The van der Waals surface area contributed by atoms with Crippen molar-refractivity contribution in [2.24, 2.45) is 0 Å². The van der Waals surface area contributed by atoms with Gasteiger partial charge in [-0.05, 0) is 36.2 Å². The molecule has 2 aromatic carbocycles. The average molecular weight is 262 g/mol. The lowest BCUT2D eigenvalue weighted by Gasteiger charge is -2.18. The van der Waals surface area contributed by atoms with Crippen LogP contribution in [0.15, 0.2) is 48.5 Å². The van der Waals surface area contributed by atoms with Gasteiger partial charge in [0.2, 0.25) is 0 Å². The fraction of sp³-hybridized carbons (Fsp3) is 0.200. The van der Waals surface area contributed by atoms with Crippen molar-refractivity contribution in [2.45, 2.75) is 13.0 Å². The molecule has 2 aromatic rings. The van der Waals surface area contributed by atoms with Gasteiger partial charge in [0, 0.05) is 10.7 Å². The van der Waals surface area contributed by atoms with Gasteiger partial charge in [0.25, 0.3) is 0 Å². The number of aliphatic hydroxyl groups is 1. The third kappa shape index (κ3) is 3.03. The van der Waals surface area contributed by atoms with Crippen LogP contribution < -0.4 is 5.32 Å². The van der Waals surface area contributed by atoms with Gasteiger partial charge in [0.15, 0.2) is 0 Å². The van der Waals surface area contributed by atoms with Crippen LogP contribution in [0, 0.1) is 6.92 Å². The van der Waals surface area contributed by atoms with E-state index in [0.29, 0.717) is 0 Å². The fourth-order valence-corrected chi connectivity index (χ4v) is 1.98. The van der Waals surface area contributed by atoms with Gasteiger partial charge in [0.05, 0.1) is 12.6 Å². The third-order valence-corrected chi connectivity index (χ3v) is 3.30. The molecule has 2 rings (SSSR count). The average Bonchev–Trinajstić information content (AvgIpc) is 2.40. The molecule has 0 aromatic heterocycles. The number of aliphatic hydroxyl groups excluding tert-OH is 1. The van der Waals surface area contributed by atoms with Crippen LogP contribution in [0.5, 0.6) is 0 Å². The molecule has 94 valence electrons. The van der Waals surface area contributed by atoms with E-state index in [1.807, 2.05) is 55.5 Å². The molecule has 0 radical (unpaired) electrons. The smallest absolute Gasteiger partial charge is 0.0745 e. The van der Waals surface area contributed by atoms with Gasteiger partial charge in [-0.25, -0.2) is 0 Å². The Morgan fingerprint density at radius 2 is 1.89 bits per heavy atom. The first-order valence-corrected chi connectivity index (χ1v) is 6.27. The molecule has 0 amide bonds. The molecule has 0 heterocycles. The van der Waals surface area contributed by atoms with Crippen molar-refractivity contribution in [3.05, 3.63) is 64.7 Å². The normalized spacial score (nSPS) is 12.2. The molecule has 1 atom stereocenters. The monoisotopic (exact) mass is 261 g/mol. The number of aryl methyl sites for hydroxylation is 1. The Labute approximate surface area is 112 Å². The van der Waals surface area contributed by atoms with Gasteiger partial charge in [-0.15, -0.1) is 0 Å². The number of halogens is 1. The number of para-hydroxylation sites is 1. The summed E-state index contributed by atoms with van der Waals surface area (Å²) < 4.78 is 0. The van der Waals surface area contributed by atoms with Crippen molar-refractivity contribution in [1.82, 2.24) is 0 Å². The summed E-state index contributed by atoms with van der Waals surface area (Å²) in [5.41, 5.74) is 3.00. The van der Waals surface area contributed by atoms with Gasteiger partial charge in [-0.3, -0.25) is 0 Å². The van der Waals surface area contributed by atoms with E-state index in [2.05, 4.69) is 5.32 Å². The zero-order valence-corrected chi connectivity index (χ0v) is 11.0. The molecule has 2 N–H and O–H groups in total. The molecule has 0 aliphatic carbocycles. The van der Waals surface area contributed by atoms with E-state index in [1.165, 1.54) is 0 Å². The fourth-order valence-electron chi connectivity index (χ4n) is 1.80. The molecule has 2 nitrogen and oxygen atoms in total. The second-order valence-corrected chi connectivity index (χ2v) is 4.66. The topological polar surface area (TPSA) is 32.3 Å². The quantitative estimate of drug-likeness (QED) is 0.878. The number of anilines is 1. The highest BCUT2D eigenvalue weighted by Crippen LogP contribution is 2.24. The van der Waals surface area contributed by atoms with Crippen LogP contribution in [-0.4, -0.2) is 11.7 Å². The highest BCUT2D eigenvalue weighted by Gasteiger charge is 2.11. The van der Waals surface area contributed by atoms with E-state index in [4.69, 9.17) is 11.6 Å². The Balaban J connectivity index is 2.20. The van der Waals surface area contributed by atoms with E-state index in [1.54, 1.807) is 0 Å². The van der Waals surface area contributed by atoms with Gasteiger partial charge < -0.3 is 10.4 Å². The lowest BCUT2D eigenvalue weighted by Crippen LogP contribution is -2.14. The van der Waals surface area contributed by atoms with Crippen molar-refractivity contribution in [3.8, 4) is 0 Å². The van der Waals surface area contributed by atoms with Crippen molar-refractivity contribution < 1.29 is 5.11 Å². The molecule has 0 aliphatic heterocycles. The van der Waals surface area contributed by atoms with Crippen LogP contribution in [0.4, 0.5) is 5.69 Å². The van der Waals surface area contributed by atoms with Crippen LogP contribution in [0.3, 0.4) is 0 Å². The molecule has 3 heteroatoms. The molecule has 0 spiro atoms. The number of nitrogens with one attached hydrogen (secondary N) is 1. The lowest BCUT2D eigenvalue weighted by molar-refractivity contribution is 0.276. The number of hydrogen-bond donors (Lipinski definition) is 2. The number of benzene rings is 2. The summed E-state index contributed by atoms with van der Waals surface area (Å²) in [4.78, 5) is 0. The summed E-state index contributed by atoms with van der Waals surface area (Å²) >= 11 is 6.11. The van der Waals surface area contributed by atoms with Crippen LogP contribution in [0.1, 0.15) is 17.2 Å². The maximum atomic E-state index is 9.50. The Morgan fingerprint density at radius 3 is 2.50 bits per heavy atom. The second kappa shape index (κ2) is 5.89. The summed E-state index contributed by atoms with van der Waals surface area (Å²) in [6, 6.07) is 15.5. The summed E-state index contributed by atoms with van der Waals surface area (Å²) in [7, 11) is 0. The first-order chi connectivity index (χ1) is 8.70. The van der Waals surface area contributed by atoms with E-state index >= 15 is 0 Å². The first-order valence-electron chi connectivity index (χ1n) is 5.89. The van der Waals surface area contributed by atoms with E-state index in [9.17, 15) is 5.11 Å². The molecule has 0 fully saturated rings. The van der Waals surface area contributed by atoms with Crippen LogP contribution >= 0.6 is 11.6 Å². The Bertz CT molecular complexity index is 513. The molecule has 1 unspecified atom stereocenters. The van der Waals surface area contributed by atoms with Crippen molar-refractivity contribution >= 4 is 17.3 Å². The standard InChI is InChI=1S/C15H16ClNO/c1-11-7-8-12(9-14(11)16)15(10-18)17-13-5-3-2-4-6-13/h2-9,15,17-18H,10H2,1H3. The van der Waals surface area contributed by atoms with Crippen molar-refractivity contribution in [3.63, 3.8) is 0 Å². The maximum absolute atomic E-state index is 9.50. The minimum atomic E-state index is -0.148. The zero-order valence-electron chi connectivity index (χ0n) is 10.2. The summed E-state index contributed by atoms with van der Waals surface area (Å²) in [5, 5.41) is 13.5. The molecular weight excluding hydrogens is 246 g/mol. The van der Waals surface area contributed by atoms with Gasteiger partial charge in [0.1, 0.15) is 0 Å². The highest BCUT2D eigenvalue weighted by molar-refractivity contribution is 6.31. The summed E-state index contributed by atoms with van der Waals surface area (Å²) in [5.74, 6) is 0. The van der Waals surface area contributed by atoms with Crippen molar-refractivity contribution in [1.29, 1.82) is 0 Å². The first kappa shape index (κ1) is 12.9. The summed E-state index contributed by atoms with van der Waals surface area (Å²) in [6.45, 7) is 1.99. The van der Waals surface area contributed by atoms with Gasteiger partial charge >= 0.3 is 0 Å². The molecule has 0 saturated heterocycles. The largest absolute Gasteiger partial charge is 0.394 e. The Hall–Kier alpha value is -1.51. The van der Waals surface area contributed by atoms with Crippen LogP contribution in [0.2, 0.25) is 5.02 Å². The lowest BCUT2D eigenvalue weighted by atomic mass is 10.1.